The minimum absolute atomic E-state index is 0.0845. The molecule has 0 saturated carbocycles. The van der Waals surface area contributed by atoms with Crippen molar-refractivity contribution in [1.82, 2.24) is 16.2 Å². The van der Waals surface area contributed by atoms with Gasteiger partial charge in [-0.05, 0) is 31.1 Å². The smallest absolute Gasteiger partial charge is 0.238 e. The predicted octanol–water partition coefficient (Wildman–Crippen LogP) is 1.15. The number of aryl methyl sites for hydroxylation is 1. The van der Waals surface area contributed by atoms with Gasteiger partial charge in [0.15, 0.2) is 5.11 Å². The standard InChI is InChI=1S/C14H21N3O2S/c1-11(10-19-2)15-14(20)17-16-13(18)9-8-12-6-4-3-5-7-12/h3-7,11H,8-10H2,1-2H3,(H,16,18)(H2,15,17,20)/t11-/m0/s1. The number of hydrogen-bond acceptors (Lipinski definition) is 3. The Hall–Kier alpha value is -1.66. The number of hydrogen-bond donors (Lipinski definition) is 3. The largest absolute Gasteiger partial charge is 0.383 e. The summed E-state index contributed by atoms with van der Waals surface area (Å²) >= 11 is 5.05. The normalized spacial score (nSPS) is 11.5. The molecule has 1 amide bonds. The number of rotatable bonds is 6. The molecule has 1 atom stereocenters. The van der Waals surface area contributed by atoms with Crippen LogP contribution in [0.2, 0.25) is 0 Å². The van der Waals surface area contributed by atoms with Crippen LogP contribution < -0.4 is 16.2 Å². The molecule has 0 aliphatic heterocycles. The Kier molecular flexibility index (Phi) is 7.60. The second-order valence-corrected chi connectivity index (χ2v) is 4.90. The summed E-state index contributed by atoms with van der Waals surface area (Å²) < 4.78 is 4.98. The van der Waals surface area contributed by atoms with E-state index in [9.17, 15) is 4.79 Å². The first-order valence-corrected chi connectivity index (χ1v) is 6.91. The summed E-state index contributed by atoms with van der Waals surface area (Å²) in [6.07, 6.45) is 1.11. The van der Waals surface area contributed by atoms with Crippen molar-refractivity contribution in [2.75, 3.05) is 13.7 Å². The van der Waals surface area contributed by atoms with Crippen molar-refractivity contribution < 1.29 is 9.53 Å². The molecule has 0 saturated heterocycles. The number of amides is 1. The molecule has 0 heterocycles. The van der Waals surface area contributed by atoms with Gasteiger partial charge in [0.05, 0.1) is 6.61 Å². The van der Waals surface area contributed by atoms with Crippen LogP contribution >= 0.6 is 12.2 Å². The van der Waals surface area contributed by atoms with Crippen molar-refractivity contribution >= 4 is 23.2 Å². The minimum Gasteiger partial charge on any atom is -0.383 e. The summed E-state index contributed by atoms with van der Waals surface area (Å²) in [5.41, 5.74) is 6.38. The number of carbonyl (C=O) groups excluding carboxylic acids is 1. The Labute approximate surface area is 125 Å². The highest BCUT2D eigenvalue weighted by Gasteiger charge is 2.05. The van der Waals surface area contributed by atoms with Crippen LogP contribution in [0.5, 0.6) is 0 Å². The first-order valence-electron chi connectivity index (χ1n) is 6.50. The van der Waals surface area contributed by atoms with Gasteiger partial charge in [-0.3, -0.25) is 15.6 Å². The van der Waals surface area contributed by atoms with E-state index in [0.29, 0.717) is 24.6 Å². The van der Waals surface area contributed by atoms with E-state index in [1.807, 2.05) is 37.3 Å². The molecule has 0 bridgehead atoms. The fraction of sp³-hybridized carbons (Fsp3) is 0.429. The SMILES string of the molecule is COC[C@H](C)NC(=S)NNC(=O)CCc1ccccc1. The number of nitrogens with one attached hydrogen (secondary N) is 3. The lowest BCUT2D eigenvalue weighted by Gasteiger charge is -2.16. The highest BCUT2D eigenvalue weighted by atomic mass is 32.1. The Morgan fingerprint density at radius 3 is 2.65 bits per heavy atom. The van der Waals surface area contributed by atoms with Gasteiger partial charge in [-0.1, -0.05) is 30.3 Å². The van der Waals surface area contributed by atoms with Gasteiger partial charge in [-0.2, -0.15) is 0 Å². The summed E-state index contributed by atoms with van der Waals surface area (Å²) in [6, 6.07) is 9.96. The molecule has 20 heavy (non-hydrogen) atoms. The summed E-state index contributed by atoms with van der Waals surface area (Å²) in [4.78, 5) is 11.6. The molecule has 1 aromatic carbocycles. The third-order valence-corrected chi connectivity index (χ3v) is 2.81. The zero-order chi connectivity index (χ0) is 14.8. The Bertz CT molecular complexity index is 426. The monoisotopic (exact) mass is 295 g/mol. The highest BCUT2D eigenvalue weighted by molar-refractivity contribution is 7.80. The van der Waals surface area contributed by atoms with Crippen LogP contribution in [0.25, 0.3) is 0 Å². The minimum atomic E-state index is -0.0996. The van der Waals surface area contributed by atoms with E-state index >= 15 is 0 Å². The third-order valence-electron chi connectivity index (χ3n) is 2.59. The molecule has 5 nitrogen and oxygen atoms in total. The lowest BCUT2D eigenvalue weighted by molar-refractivity contribution is -0.121. The quantitative estimate of drug-likeness (QED) is 0.543. The van der Waals surface area contributed by atoms with E-state index < -0.39 is 0 Å². The first kappa shape index (κ1) is 16.4. The summed E-state index contributed by atoms with van der Waals surface area (Å²) in [6.45, 7) is 2.48. The molecule has 0 fully saturated rings. The van der Waals surface area contributed by atoms with Gasteiger partial charge in [-0.15, -0.1) is 0 Å². The Balaban J connectivity index is 2.18. The fourth-order valence-electron chi connectivity index (χ4n) is 1.64. The van der Waals surface area contributed by atoms with Gasteiger partial charge < -0.3 is 10.1 Å². The van der Waals surface area contributed by atoms with Crippen LogP contribution in [-0.2, 0) is 16.0 Å². The highest BCUT2D eigenvalue weighted by Crippen LogP contribution is 2.01. The number of hydrazine groups is 1. The van der Waals surface area contributed by atoms with Crippen molar-refractivity contribution in [2.45, 2.75) is 25.8 Å². The van der Waals surface area contributed by atoms with Crippen molar-refractivity contribution in [3.05, 3.63) is 35.9 Å². The molecule has 0 aliphatic carbocycles. The van der Waals surface area contributed by atoms with Gasteiger partial charge in [-0.25, -0.2) is 0 Å². The van der Waals surface area contributed by atoms with E-state index in [1.54, 1.807) is 7.11 Å². The molecule has 3 N–H and O–H groups in total. The number of ether oxygens (including phenoxy) is 1. The van der Waals surface area contributed by atoms with Crippen LogP contribution in [0, 0.1) is 0 Å². The number of methoxy groups -OCH3 is 1. The second-order valence-electron chi connectivity index (χ2n) is 4.49. The predicted molar refractivity (Wildman–Crippen MR) is 83.1 cm³/mol. The van der Waals surface area contributed by atoms with E-state index in [0.717, 1.165) is 5.56 Å². The maximum atomic E-state index is 11.6. The van der Waals surface area contributed by atoms with E-state index in [4.69, 9.17) is 17.0 Å². The molecular weight excluding hydrogens is 274 g/mol. The molecule has 0 aromatic heterocycles. The lowest BCUT2D eigenvalue weighted by Crippen LogP contribution is -2.50. The summed E-state index contributed by atoms with van der Waals surface area (Å²) in [5.74, 6) is -0.0996. The summed E-state index contributed by atoms with van der Waals surface area (Å²) in [5, 5.41) is 3.37. The van der Waals surface area contributed by atoms with Gasteiger partial charge in [0.1, 0.15) is 0 Å². The van der Waals surface area contributed by atoms with E-state index in [-0.39, 0.29) is 11.9 Å². The van der Waals surface area contributed by atoms with Crippen LogP contribution in [0.4, 0.5) is 0 Å². The average molecular weight is 295 g/mol. The van der Waals surface area contributed by atoms with Crippen molar-refractivity contribution in [3.8, 4) is 0 Å². The first-order chi connectivity index (χ1) is 9.61. The molecule has 1 aromatic rings. The fourth-order valence-corrected chi connectivity index (χ4v) is 1.90. The molecule has 0 unspecified atom stereocenters. The average Bonchev–Trinajstić information content (AvgIpc) is 2.44. The van der Waals surface area contributed by atoms with E-state index in [1.165, 1.54) is 0 Å². The molecule has 0 radical (unpaired) electrons. The molecule has 1 rings (SSSR count). The van der Waals surface area contributed by atoms with Crippen LogP contribution in [-0.4, -0.2) is 30.8 Å². The number of thiocarbonyl (C=S) groups is 1. The maximum absolute atomic E-state index is 11.6. The van der Waals surface area contributed by atoms with Crippen LogP contribution in [0.1, 0.15) is 18.9 Å². The molecule has 6 heteroatoms. The third kappa shape index (κ3) is 7.06. The van der Waals surface area contributed by atoms with Crippen molar-refractivity contribution in [1.29, 1.82) is 0 Å². The zero-order valence-corrected chi connectivity index (χ0v) is 12.6. The van der Waals surface area contributed by atoms with Gasteiger partial charge >= 0.3 is 0 Å². The molecular formula is C14H21N3O2S. The van der Waals surface area contributed by atoms with Crippen LogP contribution in [0.3, 0.4) is 0 Å². The van der Waals surface area contributed by atoms with Gasteiger partial charge in [0.2, 0.25) is 5.91 Å². The van der Waals surface area contributed by atoms with Crippen LogP contribution in [0.15, 0.2) is 30.3 Å². The Morgan fingerprint density at radius 1 is 1.30 bits per heavy atom. The zero-order valence-electron chi connectivity index (χ0n) is 11.8. The van der Waals surface area contributed by atoms with Gasteiger partial charge in [0.25, 0.3) is 0 Å². The molecule has 0 spiro atoms. The summed E-state index contributed by atoms with van der Waals surface area (Å²) in [7, 11) is 1.63. The lowest BCUT2D eigenvalue weighted by atomic mass is 10.1. The number of carbonyl (C=O) groups is 1. The topological polar surface area (TPSA) is 62.4 Å². The molecule has 110 valence electrons. The molecule has 0 aliphatic rings. The van der Waals surface area contributed by atoms with Crippen molar-refractivity contribution in [3.63, 3.8) is 0 Å². The second kappa shape index (κ2) is 9.28. The van der Waals surface area contributed by atoms with E-state index in [2.05, 4.69) is 16.2 Å². The Morgan fingerprint density at radius 2 is 2.00 bits per heavy atom. The maximum Gasteiger partial charge on any atom is 0.238 e. The van der Waals surface area contributed by atoms with Crippen molar-refractivity contribution in [2.24, 2.45) is 0 Å². The van der Waals surface area contributed by atoms with Gasteiger partial charge in [0, 0.05) is 19.6 Å². The number of benzene rings is 1.